The number of fused-ring (bicyclic) bond motifs is 1. The number of carbonyl (C=O) groups excluding carboxylic acids is 1. The molecule has 2 aromatic carbocycles. The largest absolute Gasteiger partial charge is 0.488 e. The van der Waals surface area contributed by atoms with Crippen LogP contribution in [0.3, 0.4) is 0 Å². The first-order valence-electron chi connectivity index (χ1n) is 7.73. The molecule has 0 saturated heterocycles. The first kappa shape index (κ1) is 16.0. The Bertz CT molecular complexity index is 983. The molecule has 0 aliphatic rings. The minimum absolute atomic E-state index is 0.0606. The Hall–Kier alpha value is -2.88. The third-order valence-electron chi connectivity index (χ3n) is 4.17. The van der Waals surface area contributed by atoms with Crippen molar-refractivity contribution in [1.82, 2.24) is 0 Å². The van der Waals surface area contributed by atoms with Gasteiger partial charge in [0.15, 0.2) is 5.78 Å². The maximum absolute atomic E-state index is 11.9. The summed E-state index contributed by atoms with van der Waals surface area (Å²) in [6.07, 6.45) is 0. The summed E-state index contributed by atoms with van der Waals surface area (Å²) < 4.78 is 11.2. The molecule has 0 atom stereocenters. The molecule has 4 nitrogen and oxygen atoms in total. The maximum Gasteiger partial charge on any atom is 0.336 e. The fraction of sp³-hybridized carbons (Fsp3) is 0.200. The van der Waals surface area contributed by atoms with Crippen LogP contribution in [-0.2, 0) is 6.61 Å². The smallest absolute Gasteiger partial charge is 0.336 e. The predicted octanol–water partition coefficient (Wildman–Crippen LogP) is 4.19. The van der Waals surface area contributed by atoms with E-state index in [-0.39, 0.29) is 12.4 Å². The van der Waals surface area contributed by atoms with Gasteiger partial charge in [-0.25, -0.2) is 4.79 Å². The van der Waals surface area contributed by atoms with Crippen molar-refractivity contribution in [1.29, 1.82) is 0 Å². The van der Waals surface area contributed by atoms with Crippen LogP contribution in [0.25, 0.3) is 11.0 Å². The van der Waals surface area contributed by atoms with Gasteiger partial charge in [0.25, 0.3) is 0 Å². The maximum atomic E-state index is 11.9. The Morgan fingerprint density at radius 3 is 2.62 bits per heavy atom. The van der Waals surface area contributed by atoms with E-state index in [4.69, 9.17) is 9.15 Å². The number of ketones is 1. The molecule has 0 saturated carbocycles. The SMILES string of the molecule is CC(=O)c1ccccc1OCc1cc(=O)oc2c(C)c(C)ccc12. The zero-order valence-electron chi connectivity index (χ0n) is 13.9. The van der Waals surface area contributed by atoms with Crippen molar-refractivity contribution in [3.8, 4) is 5.75 Å². The van der Waals surface area contributed by atoms with Crippen molar-refractivity contribution in [2.45, 2.75) is 27.4 Å². The van der Waals surface area contributed by atoms with Gasteiger partial charge in [-0.2, -0.15) is 0 Å². The highest BCUT2D eigenvalue weighted by atomic mass is 16.5. The highest BCUT2D eigenvalue weighted by Gasteiger charge is 2.12. The van der Waals surface area contributed by atoms with Crippen LogP contribution in [0.4, 0.5) is 0 Å². The van der Waals surface area contributed by atoms with E-state index in [1.165, 1.54) is 13.0 Å². The van der Waals surface area contributed by atoms with Gasteiger partial charge in [-0.15, -0.1) is 0 Å². The Morgan fingerprint density at radius 2 is 1.88 bits per heavy atom. The normalized spacial score (nSPS) is 10.8. The van der Waals surface area contributed by atoms with E-state index in [1.54, 1.807) is 18.2 Å². The molecule has 0 amide bonds. The number of rotatable bonds is 4. The summed E-state index contributed by atoms with van der Waals surface area (Å²) in [7, 11) is 0. The fourth-order valence-electron chi connectivity index (χ4n) is 2.68. The Labute approximate surface area is 139 Å². The Balaban J connectivity index is 2.01. The van der Waals surface area contributed by atoms with Crippen molar-refractivity contribution in [3.63, 3.8) is 0 Å². The number of hydrogen-bond acceptors (Lipinski definition) is 4. The van der Waals surface area contributed by atoms with Gasteiger partial charge < -0.3 is 9.15 Å². The summed E-state index contributed by atoms with van der Waals surface area (Å²) >= 11 is 0. The number of para-hydroxylation sites is 1. The standard InChI is InChI=1S/C20H18O4/c1-12-8-9-17-15(10-19(22)24-20(17)13(12)2)11-23-18-7-5-4-6-16(18)14(3)21/h4-10H,11H2,1-3H3. The van der Waals surface area contributed by atoms with Crippen LogP contribution in [0.15, 0.2) is 51.7 Å². The van der Waals surface area contributed by atoms with Crippen molar-refractivity contribution >= 4 is 16.8 Å². The van der Waals surface area contributed by atoms with Crippen LogP contribution in [0.2, 0.25) is 0 Å². The van der Waals surface area contributed by atoms with Gasteiger partial charge in [0.1, 0.15) is 17.9 Å². The van der Waals surface area contributed by atoms with E-state index >= 15 is 0 Å². The lowest BCUT2D eigenvalue weighted by atomic mass is 10.0. The highest BCUT2D eigenvalue weighted by Crippen LogP contribution is 2.25. The zero-order valence-corrected chi connectivity index (χ0v) is 13.9. The summed E-state index contributed by atoms with van der Waals surface area (Å²) in [6.45, 7) is 5.59. The molecular weight excluding hydrogens is 304 g/mol. The predicted molar refractivity (Wildman–Crippen MR) is 92.7 cm³/mol. The summed E-state index contributed by atoms with van der Waals surface area (Å²) in [5.74, 6) is 0.449. The van der Waals surface area contributed by atoms with E-state index in [2.05, 4.69) is 0 Å². The molecule has 0 unspecified atom stereocenters. The lowest BCUT2D eigenvalue weighted by Crippen LogP contribution is -2.06. The van der Waals surface area contributed by atoms with Gasteiger partial charge in [-0.3, -0.25) is 4.79 Å². The molecule has 0 aliphatic carbocycles. The molecular formula is C20H18O4. The van der Waals surface area contributed by atoms with E-state index in [0.717, 1.165) is 22.1 Å². The van der Waals surface area contributed by atoms with Gasteiger partial charge in [0.05, 0.1) is 5.56 Å². The molecule has 0 radical (unpaired) electrons. The summed E-state index contributed by atoms with van der Waals surface area (Å²) in [6, 6.07) is 12.4. The van der Waals surface area contributed by atoms with Crippen LogP contribution in [0.5, 0.6) is 5.75 Å². The van der Waals surface area contributed by atoms with Gasteiger partial charge in [-0.1, -0.05) is 24.3 Å². The van der Waals surface area contributed by atoms with E-state index in [9.17, 15) is 9.59 Å². The summed E-state index contributed by atoms with van der Waals surface area (Å²) in [5.41, 5.74) is 3.44. The highest BCUT2D eigenvalue weighted by molar-refractivity contribution is 5.96. The Morgan fingerprint density at radius 1 is 1.12 bits per heavy atom. The van der Waals surface area contributed by atoms with Crippen LogP contribution >= 0.6 is 0 Å². The zero-order chi connectivity index (χ0) is 17.3. The van der Waals surface area contributed by atoms with E-state index in [1.807, 2.05) is 32.0 Å². The first-order valence-corrected chi connectivity index (χ1v) is 7.73. The lowest BCUT2D eigenvalue weighted by Gasteiger charge is -2.12. The van der Waals surface area contributed by atoms with Gasteiger partial charge in [-0.05, 0) is 44.0 Å². The average Bonchev–Trinajstić information content (AvgIpc) is 2.56. The molecule has 0 bridgehead atoms. The van der Waals surface area contributed by atoms with Crippen LogP contribution in [0, 0.1) is 13.8 Å². The number of carbonyl (C=O) groups is 1. The third-order valence-corrected chi connectivity index (χ3v) is 4.17. The van der Waals surface area contributed by atoms with Crippen LogP contribution in [-0.4, -0.2) is 5.78 Å². The number of Topliss-reactive ketones (excluding diaryl/α,β-unsaturated/α-hetero) is 1. The van der Waals surface area contributed by atoms with Crippen molar-refractivity contribution < 1.29 is 13.9 Å². The number of benzene rings is 2. The molecule has 0 aliphatic heterocycles. The minimum Gasteiger partial charge on any atom is -0.488 e. The molecule has 0 N–H and O–H groups in total. The molecule has 1 heterocycles. The molecule has 0 spiro atoms. The second-order valence-electron chi connectivity index (χ2n) is 5.82. The van der Waals surface area contributed by atoms with Crippen molar-refractivity contribution in [2.24, 2.45) is 0 Å². The first-order chi connectivity index (χ1) is 11.5. The molecule has 24 heavy (non-hydrogen) atoms. The van der Waals surface area contributed by atoms with Crippen LogP contribution in [0.1, 0.15) is 34.0 Å². The van der Waals surface area contributed by atoms with Crippen molar-refractivity contribution in [2.75, 3.05) is 0 Å². The number of aryl methyl sites for hydroxylation is 2. The average molecular weight is 322 g/mol. The molecule has 0 fully saturated rings. The second-order valence-corrected chi connectivity index (χ2v) is 5.82. The van der Waals surface area contributed by atoms with Crippen LogP contribution < -0.4 is 10.4 Å². The fourth-order valence-corrected chi connectivity index (χ4v) is 2.68. The second kappa shape index (κ2) is 6.32. The Kier molecular flexibility index (Phi) is 4.21. The molecule has 4 heteroatoms. The number of hydrogen-bond donors (Lipinski definition) is 0. The summed E-state index contributed by atoms with van der Waals surface area (Å²) in [5, 5.41) is 0.845. The lowest BCUT2D eigenvalue weighted by molar-refractivity contribution is 0.101. The topological polar surface area (TPSA) is 56.5 Å². The third kappa shape index (κ3) is 2.95. The van der Waals surface area contributed by atoms with E-state index in [0.29, 0.717) is 16.9 Å². The molecule has 1 aromatic heterocycles. The van der Waals surface area contributed by atoms with Gasteiger partial charge in [0.2, 0.25) is 0 Å². The molecule has 3 aromatic rings. The summed E-state index contributed by atoms with van der Waals surface area (Å²) in [4.78, 5) is 23.6. The van der Waals surface area contributed by atoms with Gasteiger partial charge >= 0.3 is 5.63 Å². The molecule has 3 rings (SSSR count). The van der Waals surface area contributed by atoms with Gasteiger partial charge in [0, 0.05) is 17.0 Å². The van der Waals surface area contributed by atoms with E-state index < -0.39 is 5.63 Å². The molecule has 122 valence electrons. The number of ether oxygens (including phenoxy) is 1. The van der Waals surface area contributed by atoms with Crippen molar-refractivity contribution in [3.05, 3.63) is 75.1 Å². The quantitative estimate of drug-likeness (QED) is 0.534. The monoisotopic (exact) mass is 322 g/mol. The minimum atomic E-state index is -0.408.